The molecule has 104 valence electrons. The third kappa shape index (κ3) is 2.40. The molecule has 0 spiro atoms. The van der Waals surface area contributed by atoms with Gasteiger partial charge in [-0.25, -0.2) is 4.98 Å². The lowest BCUT2D eigenvalue weighted by atomic mass is 9.53. The number of rotatable bonds is 4. The number of aromatic nitrogens is 1. The molecule has 4 fully saturated rings. The van der Waals surface area contributed by atoms with E-state index in [1.54, 1.807) is 11.3 Å². The van der Waals surface area contributed by atoms with E-state index in [9.17, 15) is 0 Å². The summed E-state index contributed by atoms with van der Waals surface area (Å²) in [5.41, 5.74) is 1.64. The van der Waals surface area contributed by atoms with Crippen molar-refractivity contribution in [2.45, 2.75) is 55.9 Å². The van der Waals surface area contributed by atoms with E-state index in [0.717, 1.165) is 29.6 Å². The van der Waals surface area contributed by atoms with E-state index in [0.29, 0.717) is 5.54 Å². The maximum Gasteiger partial charge on any atom is 0.107 e. The summed E-state index contributed by atoms with van der Waals surface area (Å²) >= 11 is 5.28. The lowest BCUT2D eigenvalue weighted by Crippen LogP contribution is -2.58. The van der Waals surface area contributed by atoms with E-state index in [-0.39, 0.29) is 0 Å². The number of hydrogen-bond donors (Lipinski definition) is 1. The third-order valence-corrected chi connectivity index (χ3v) is 6.86. The highest BCUT2D eigenvalue weighted by Gasteiger charge is 2.50. The molecular formula is C15H21BrN2S. The minimum absolute atomic E-state index is 0.467. The average Bonchev–Trinajstić information content (AvgIpc) is 2.83. The number of hydrogen-bond acceptors (Lipinski definition) is 3. The van der Waals surface area contributed by atoms with Gasteiger partial charge >= 0.3 is 0 Å². The summed E-state index contributed by atoms with van der Waals surface area (Å²) in [6.07, 6.45) is 8.84. The fourth-order valence-electron chi connectivity index (χ4n) is 5.08. The van der Waals surface area contributed by atoms with Crippen LogP contribution in [0.5, 0.6) is 0 Å². The van der Waals surface area contributed by atoms with Crippen molar-refractivity contribution in [1.82, 2.24) is 10.3 Å². The average molecular weight is 341 g/mol. The molecule has 0 atom stereocenters. The Balaban J connectivity index is 1.44. The third-order valence-electron chi connectivity index (χ3n) is 5.39. The van der Waals surface area contributed by atoms with Crippen LogP contribution in [-0.4, -0.2) is 10.5 Å². The van der Waals surface area contributed by atoms with Crippen molar-refractivity contribution in [2.75, 3.05) is 0 Å². The van der Waals surface area contributed by atoms with Crippen molar-refractivity contribution < 1.29 is 0 Å². The molecule has 0 radical (unpaired) electrons. The molecule has 2 nitrogen and oxygen atoms in total. The molecule has 4 heteroatoms. The molecule has 5 rings (SSSR count). The zero-order valence-electron chi connectivity index (χ0n) is 11.2. The van der Waals surface area contributed by atoms with Crippen molar-refractivity contribution in [3.05, 3.63) is 16.1 Å². The number of nitrogens with one attached hydrogen (secondary N) is 1. The second-order valence-corrected chi connectivity index (χ2v) is 8.42. The van der Waals surface area contributed by atoms with Gasteiger partial charge in [-0.1, -0.05) is 15.9 Å². The number of thiazole rings is 1. The molecule has 1 N–H and O–H groups in total. The maximum absolute atomic E-state index is 4.65. The summed E-state index contributed by atoms with van der Waals surface area (Å²) in [7, 11) is 0. The van der Waals surface area contributed by atoms with Gasteiger partial charge in [0, 0.05) is 22.8 Å². The van der Waals surface area contributed by atoms with Crippen LogP contribution in [0, 0.1) is 17.8 Å². The summed E-state index contributed by atoms with van der Waals surface area (Å²) in [5.74, 6) is 3.06. The minimum Gasteiger partial charge on any atom is -0.305 e. The summed E-state index contributed by atoms with van der Waals surface area (Å²) in [6, 6.07) is 0. The van der Waals surface area contributed by atoms with Gasteiger partial charge in [-0.3, -0.25) is 0 Å². The van der Waals surface area contributed by atoms with E-state index in [1.807, 2.05) is 0 Å². The van der Waals surface area contributed by atoms with E-state index in [4.69, 9.17) is 0 Å². The van der Waals surface area contributed by atoms with Crippen molar-refractivity contribution in [3.8, 4) is 0 Å². The highest BCUT2D eigenvalue weighted by molar-refractivity contribution is 9.08. The van der Waals surface area contributed by atoms with Crippen LogP contribution in [0.2, 0.25) is 0 Å². The van der Waals surface area contributed by atoms with Crippen LogP contribution >= 0.6 is 27.3 Å². The molecule has 0 saturated heterocycles. The first-order valence-corrected chi connectivity index (χ1v) is 9.49. The SMILES string of the molecule is BrCc1csc(CNC23CC4CC(CC(C4)C2)C3)n1. The van der Waals surface area contributed by atoms with E-state index in [2.05, 4.69) is 31.6 Å². The molecule has 19 heavy (non-hydrogen) atoms. The number of halogens is 1. The molecule has 4 saturated carbocycles. The molecule has 0 amide bonds. The van der Waals surface area contributed by atoms with Crippen LogP contribution in [0.25, 0.3) is 0 Å². The smallest absolute Gasteiger partial charge is 0.107 e. The van der Waals surface area contributed by atoms with Crippen molar-refractivity contribution in [2.24, 2.45) is 17.8 Å². The van der Waals surface area contributed by atoms with Gasteiger partial charge in [-0.05, 0) is 56.3 Å². The Labute approximate surface area is 127 Å². The summed E-state index contributed by atoms with van der Waals surface area (Å²) in [6.45, 7) is 0.976. The van der Waals surface area contributed by atoms with Crippen LogP contribution in [0.4, 0.5) is 0 Å². The fourth-order valence-corrected chi connectivity index (χ4v) is 6.32. The zero-order chi connectivity index (χ0) is 12.9. The monoisotopic (exact) mass is 340 g/mol. The predicted molar refractivity (Wildman–Crippen MR) is 82.5 cm³/mol. The van der Waals surface area contributed by atoms with Crippen LogP contribution < -0.4 is 5.32 Å². The topological polar surface area (TPSA) is 24.9 Å². The van der Waals surface area contributed by atoms with Crippen molar-refractivity contribution in [1.29, 1.82) is 0 Å². The van der Waals surface area contributed by atoms with Gasteiger partial charge in [0.05, 0.1) is 5.69 Å². The van der Waals surface area contributed by atoms with Crippen LogP contribution in [0.1, 0.15) is 49.2 Å². The highest BCUT2D eigenvalue weighted by Crippen LogP contribution is 2.55. The van der Waals surface area contributed by atoms with Gasteiger partial charge in [0.2, 0.25) is 0 Å². The zero-order valence-corrected chi connectivity index (χ0v) is 13.6. The standard InChI is InChI=1S/C15H21BrN2S/c16-7-13-9-19-14(18-13)8-17-15-4-10-1-11(5-15)3-12(2-10)6-15/h9-12,17H,1-8H2. The Morgan fingerprint density at radius 3 is 2.37 bits per heavy atom. The molecule has 1 heterocycles. The summed E-state index contributed by atoms with van der Waals surface area (Å²) < 4.78 is 0. The first-order chi connectivity index (χ1) is 9.25. The maximum atomic E-state index is 4.65. The summed E-state index contributed by atoms with van der Waals surface area (Å²) in [5, 5.41) is 8.22. The second-order valence-electron chi connectivity index (χ2n) is 6.92. The van der Waals surface area contributed by atoms with Crippen LogP contribution in [0.15, 0.2) is 5.38 Å². The second kappa shape index (κ2) is 4.81. The lowest BCUT2D eigenvalue weighted by molar-refractivity contribution is -0.0206. The lowest BCUT2D eigenvalue weighted by Gasteiger charge is -2.57. The quantitative estimate of drug-likeness (QED) is 0.834. The first-order valence-electron chi connectivity index (χ1n) is 7.49. The molecule has 0 aliphatic heterocycles. The highest BCUT2D eigenvalue weighted by atomic mass is 79.9. The molecule has 4 bridgehead atoms. The molecule has 1 aromatic rings. The largest absolute Gasteiger partial charge is 0.305 e. The van der Waals surface area contributed by atoms with Crippen LogP contribution in [0.3, 0.4) is 0 Å². The normalized spacial score (nSPS) is 39.9. The van der Waals surface area contributed by atoms with Gasteiger partial charge in [-0.2, -0.15) is 0 Å². The van der Waals surface area contributed by atoms with Gasteiger partial charge < -0.3 is 5.32 Å². The Morgan fingerprint density at radius 2 is 1.84 bits per heavy atom. The number of nitrogens with zero attached hydrogens (tertiary/aromatic N) is 1. The van der Waals surface area contributed by atoms with Crippen molar-refractivity contribution in [3.63, 3.8) is 0 Å². The molecular weight excluding hydrogens is 320 g/mol. The Kier molecular flexibility index (Phi) is 3.24. The van der Waals surface area contributed by atoms with Crippen molar-refractivity contribution >= 4 is 27.3 Å². The number of alkyl halides is 1. The molecule has 0 unspecified atom stereocenters. The Bertz CT molecular complexity index is 435. The molecule has 4 aliphatic rings. The van der Waals surface area contributed by atoms with Gasteiger partial charge in [0.1, 0.15) is 5.01 Å². The molecule has 1 aromatic heterocycles. The van der Waals surface area contributed by atoms with E-state index < -0.39 is 0 Å². The minimum atomic E-state index is 0.467. The van der Waals surface area contributed by atoms with E-state index in [1.165, 1.54) is 49.2 Å². The predicted octanol–water partition coefficient (Wildman–Crippen LogP) is 4.10. The fraction of sp³-hybridized carbons (Fsp3) is 0.800. The van der Waals surface area contributed by atoms with E-state index >= 15 is 0 Å². The Morgan fingerprint density at radius 1 is 1.21 bits per heavy atom. The summed E-state index contributed by atoms with van der Waals surface area (Å²) in [4.78, 5) is 4.65. The van der Waals surface area contributed by atoms with Gasteiger partial charge in [0.25, 0.3) is 0 Å². The molecule has 0 aromatic carbocycles. The van der Waals surface area contributed by atoms with Gasteiger partial charge in [0.15, 0.2) is 0 Å². The Hall–Kier alpha value is 0.0700. The molecule has 4 aliphatic carbocycles. The van der Waals surface area contributed by atoms with Gasteiger partial charge in [-0.15, -0.1) is 11.3 Å². The first kappa shape index (κ1) is 12.8. The van der Waals surface area contributed by atoms with Crippen LogP contribution in [-0.2, 0) is 11.9 Å².